The minimum absolute atomic E-state index is 0.0160. The van der Waals surface area contributed by atoms with E-state index in [0.717, 1.165) is 11.8 Å². The molecule has 0 bridgehead atoms. The van der Waals surface area contributed by atoms with Gasteiger partial charge in [0.25, 0.3) is 5.91 Å². The first-order valence-electron chi connectivity index (χ1n) is 8.64. The second kappa shape index (κ2) is 9.00. The van der Waals surface area contributed by atoms with E-state index in [4.69, 9.17) is 16.3 Å². The summed E-state index contributed by atoms with van der Waals surface area (Å²) in [6, 6.07) is 14.3. The summed E-state index contributed by atoms with van der Waals surface area (Å²) in [7, 11) is 0. The molecule has 0 radical (unpaired) electrons. The van der Waals surface area contributed by atoms with E-state index in [9.17, 15) is 22.8 Å². The Kier molecular flexibility index (Phi) is 6.41. The largest absolute Gasteiger partial charge is 0.460 e. The van der Waals surface area contributed by atoms with Crippen molar-refractivity contribution in [3.05, 3.63) is 82.6 Å². The number of nitrogens with zero attached hydrogens (tertiary/aromatic N) is 2. The molecule has 156 valence electrons. The van der Waals surface area contributed by atoms with Gasteiger partial charge >= 0.3 is 12.1 Å². The summed E-state index contributed by atoms with van der Waals surface area (Å²) < 4.78 is 46.4. The molecule has 2 aromatic carbocycles. The van der Waals surface area contributed by atoms with E-state index in [2.05, 4.69) is 10.4 Å². The molecule has 1 amide bonds. The molecular weight excluding hydrogens is 423 g/mol. The minimum atomic E-state index is -4.86. The predicted molar refractivity (Wildman–Crippen MR) is 102 cm³/mol. The van der Waals surface area contributed by atoms with E-state index in [-0.39, 0.29) is 12.3 Å². The van der Waals surface area contributed by atoms with E-state index in [1.165, 1.54) is 24.3 Å². The van der Waals surface area contributed by atoms with E-state index in [1.807, 2.05) is 0 Å². The van der Waals surface area contributed by atoms with Crippen LogP contribution < -0.4 is 5.32 Å². The maximum Gasteiger partial charge on any atom is 0.434 e. The molecule has 1 aromatic heterocycles. The number of aromatic nitrogens is 2. The van der Waals surface area contributed by atoms with Gasteiger partial charge in [-0.2, -0.15) is 18.3 Å². The lowest BCUT2D eigenvalue weighted by Crippen LogP contribution is -2.32. The summed E-state index contributed by atoms with van der Waals surface area (Å²) in [5, 5.41) is 6.16. The van der Waals surface area contributed by atoms with Crippen LogP contribution in [-0.2, 0) is 22.3 Å². The lowest BCUT2D eigenvalue weighted by atomic mass is 10.2. The van der Waals surface area contributed by atoms with Crippen LogP contribution in [0.2, 0.25) is 5.02 Å². The van der Waals surface area contributed by atoms with Gasteiger partial charge in [-0.3, -0.25) is 9.59 Å². The molecule has 0 fully saturated rings. The van der Waals surface area contributed by atoms with Gasteiger partial charge in [0, 0.05) is 5.02 Å². The molecule has 6 nitrogen and oxygen atoms in total. The summed E-state index contributed by atoms with van der Waals surface area (Å²) in [4.78, 5) is 24.1. The van der Waals surface area contributed by atoms with Crippen LogP contribution in [0.15, 0.2) is 60.8 Å². The van der Waals surface area contributed by atoms with Gasteiger partial charge < -0.3 is 10.1 Å². The van der Waals surface area contributed by atoms with E-state index >= 15 is 0 Å². The third kappa shape index (κ3) is 5.18. The third-order valence-corrected chi connectivity index (χ3v) is 4.24. The molecular formula is C20H15ClF3N3O3. The lowest BCUT2D eigenvalue weighted by Gasteiger charge is -2.13. The molecule has 1 heterocycles. The molecule has 0 spiro atoms. The Labute approximate surface area is 174 Å². The van der Waals surface area contributed by atoms with Crippen molar-refractivity contribution in [2.24, 2.45) is 0 Å². The van der Waals surface area contributed by atoms with Crippen LogP contribution in [-0.4, -0.2) is 28.2 Å². The van der Waals surface area contributed by atoms with E-state index < -0.39 is 35.9 Å². The lowest BCUT2D eigenvalue weighted by molar-refractivity contribution is -0.143. The predicted octanol–water partition coefficient (Wildman–Crippen LogP) is 4.02. The molecule has 3 rings (SSSR count). The first-order valence-corrected chi connectivity index (χ1v) is 9.02. The van der Waals surface area contributed by atoms with Gasteiger partial charge in [-0.15, -0.1) is 0 Å². The van der Waals surface area contributed by atoms with Gasteiger partial charge in [0.05, 0.1) is 17.4 Å². The molecule has 3 aromatic rings. The smallest absolute Gasteiger partial charge is 0.434 e. The molecule has 0 saturated heterocycles. The second-order valence-electron chi connectivity index (χ2n) is 6.12. The third-order valence-electron chi connectivity index (χ3n) is 3.99. The Morgan fingerprint density at radius 3 is 2.37 bits per heavy atom. The highest BCUT2D eigenvalue weighted by Crippen LogP contribution is 2.33. The van der Waals surface area contributed by atoms with Crippen LogP contribution in [0.5, 0.6) is 0 Å². The zero-order valence-electron chi connectivity index (χ0n) is 15.3. The minimum Gasteiger partial charge on any atom is -0.460 e. The van der Waals surface area contributed by atoms with Gasteiger partial charge in [-0.25, -0.2) is 4.68 Å². The molecule has 0 saturated carbocycles. The summed E-state index contributed by atoms with van der Waals surface area (Å²) >= 11 is 5.76. The van der Waals surface area contributed by atoms with Crippen LogP contribution in [0.3, 0.4) is 0 Å². The van der Waals surface area contributed by atoms with Crippen molar-refractivity contribution >= 4 is 23.5 Å². The van der Waals surface area contributed by atoms with Gasteiger partial charge in [-0.1, -0.05) is 41.9 Å². The fourth-order valence-electron chi connectivity index (χ4n) is 2.60. The van der Waals surface area contributed by atoms with Crippen molar-refractivity contribution in [2.75, 3.05) is 6.54 Å². The summed E-state index contributed by atoms with van der Waals surface area (Å²) in [6.07, 6.45) is -4.07. The van der Waals surface area contributed by atoms with Gasteiger partial charge in [0.15, 0.2) is 5.69 Å². The molecule has 0 aliphatic carbocycles. The van der Waals surface area contributed by atoms with Crippen LogP contribution >= 0.6 is 11.6 Å². The zero-order chi connectivity index (χ0) is 21.7. The van der Waals surface area contributed by atoms with Crippen LogP contribution in [0.4, 0.5) is 13.2 Å². The number of esters is 1. The average Bonchev–Trinajstić information content (AvgIpc) is 3.17. The fourth-order valence-corrected chi connectivity index (χ4v) is 2.73. The van der Waals surface area contributed by atoms with Crippen molar-refractivity contribution in [1.82, 2.24) is 15.1 Å². The number of nitrogens with one attached hydrogen (secondary N) is 1. The quantitative estimate of drug-likeness (QED) is 0.591. The summed E-state index contributed by atoms with van der Waals surface area (Å²) in [5.74, 6) is -1.88. The Balaban J connectivity index is 1.71. The van der Waals surface area contributed by atoms with Gasteiger partial charge in [-0.05, 0) is 29.8 Å². The number of alkyl halides is 3. The highest BCUT2D eigenvalue weighted by atomic mass is 35.5. The molecule has 10 heteroatoms. The Bertz CT molecular complexity index is 1030. The Morgan fingerprint density at radius 2 is 1.73 bits per heavy atom. The van der Waals surface area contributed by atoms with Crippen molar-refractivity contribution < 1.29 is 27.5 Å². The van der Waals surface area contributed by atoms with Crippen LogP contribution in [0.1, 0.15) is 21.6 Å². The zero-order valence-corrected chi connectivity index (χ0v) is 16.1. The summed E-state index contributed by atoms with van der Waals surface area (Å²) in [5.41, 5.74) is -1.16. The van der Waals surface area contributed by atoms with E-state index in [0.29, 0.717) is 9.70 Å². The maximum atomic E-state index is 13.6. The van der Waals surface area contributed by atoms with Gasteiger partial charge in [0.2, 0.25) is 0 Å². The normalized spacial score (nSPS) is 11.2. The number of ether oxygens (including phenoxy) is 1. The van der Waals surface area contributed by atoms with Crippen molar-refractivity contribution in [1.29, 1.82) is 0 Å². The first-order chi connectivity index (χ1) is 14.3. The molecule has 30 heavy (non-hydrogen) atoms. The van der Waals surface area contributed by atoms with Crippen molar-refractivity contribution in [2.45, 2.75) is 12.8 Å². The monoisotopic (exact) mass is 437 g/mol. The number of hydrogen-bond acceptors (Lipinski definition) is 4. The molecule has 0 atom stereocenters. The molecule has 1 N–H and O–H groups in total. The van der Waals surface area contributed by atoms with Crippen molar-refractivity contribution in [3.8, 4) is 5.69 Å². The number of amides is 1. The number of halogens is 4. The standard InChI is InChI=1S/C20H15ClF3N3O3/c21-14-6-8-15(9-7-14)27-18(20(22,23)24)16(10-26-27)19(29)25-11-17(28)30-12-13-4-2-1-3-5-13/h1-10H,11-12H2,(H,25,29). The van der Waals surface area contributed by atoms with Gasteiger partial charge in [0.1, 0.15) is 13.2 Å². The highest BCUT2D eigenvalue weighted by molar-refractivity contribution is 6.30. The number of benzene rings is 2. The van der Waals surface area contributed by atoms with E-state index in [1.54, 1.807) is 30.3 Å². The Hall–Kier alpha value is -3.33. The maximum absolute atomic E-state index is 13.6. The fraction of sp³-hybridized carbons (Fsp3) is 0.150. The highest BCUT2D eigenvalue weighted by Gasteiger charge is 2.40. The molecule has 0 unspecified atom stereocenters. The number of carbonyl (C=O) groups is 2. The van der Waals surface area contributed by atoms with Crippen molar-refractivity contribution in [3.63, 3.8) is 0 Å². The second-order valence-corrected chi connectivity index (χ2v) is 6.56. The Morgan fingerprint density at radius 1 is 1.07 bits per heavy atom. The average molecular weight is 438 g/mol. The van der Waals surface area contributed by atoms with Crippen LogP contribution in [0, 0.1) is 0 Å². The topological polar surface area (TPSA) is 73.2 Å². The molecule has 0 aliphatic rings. The first kappa shape index (κ1) is 21.4. The molecule has 0 aliphatic heterocycles. The number of hydrogen-bond donors (Lipinski definition) is 1. The van der Waals surface area contributed by atoms with Crippen LogP contribution in [0.25, 0.3) is 5.69 Å². The number of carbonyl (C=O) groups excluding carboxylic acids is 2. The number of rotatable bonds is 6. The summed E-state index contributed by atoms with van der Waals surface area (Å²) in [6.45, 7) is -0.604. The SMILES string of the molecule is O=C(CNC(=O)c1cnn(-c2ccc(Cl)cc2)c1C(F)(F)F)OCc1ccccc1.